The predicted octanol–water partition coefficient (Wildman–Crippen LogP) is 3.10. The van der Waals surface area contributed by atoms with Gasteiger partial charge in [0.15, 0.2) is 0 Å². The minimum Gasteiger partial charge on any atom is -0.469 e. The minimum absolute atomic E-state index is 0.0130. The largest absolute Gasteiger partial charge is 0.469 e. The standard InChI is InChI=1S/C13H24O3Si/c1-8(2)17(9(3)4)13(12(14)15-6)7-11(13)10(5)16-17/h8-11H,7H2,1-6H3. The van der Waals surface area contributed by atoms with Crippen LogP contribution in [0.3, 0.4) is 0 Å². The quantitative estimate of drug-likeness (QED) is 0.575. The van der Waals surface area contributed by atoms with Crippen LogP contribution in [0.1, 0.15) is 41.0 Å². The predicted molar refractivity (Wildman–Crippen MR) is 69.3 cm³/mol. The number of hydrogen-bond acceptors (Lipinski definition) is 3. The van der Waals surface area contributed by atoms with Crippen LogP contribution in [0.4, 0.5) is 0 Å². The zero-order valence-electron chi connectivity index (χ0n) is 11.7. The van der Waals surface area contributed by atoms with Crippen molar-refractivity contribution in [1.29, 1.82) is 0 Å². The van der Waals surface area contributed by atoms with Crippen LogP contribution in [0.25, 0.3) is 0 Å². The van der Waals surface area contributed by atoms with Crippen molar-refractivity contribution in [3.8, 4) is 0 Å². The second-order valence-electron chi connectivity index (χ2n) is 6.20. The van der Waals surface area contributed by atoms with Crippen molar-refractivity contribution in [2.75, 3.05) is 7.11 Å². The Balaban J connectivity index is 2.48. The smallest absolute Gasteiger partial charge is 0.311 e. The van der Waals surface area contributed by atoms with Crippen molar-refractivity contribution < 1.29 is 14.0 Å². The number of ether oxygens (including phenoxy) is 1. The van der Waals surface area contributed by atoms with E-state index in [0.717, 1.165) is 6.42 Å². The number of hydrogen-bond donors (Lipinski definition) is 0. The number of methoxy groups -OCH3 is 1. The molecule has 0 spiro atoms. The maximum absolute atomic E-state index is 12.3. The molecule has 2 aliphatic rings. The fraction of sp³-hybridized carbons (Fsp3) is 0.923. The highest BCUT2D eigenvalue weighted by atomic mass is 28.4. The van der Waals surface area contributed by atoms with Crippen LogP contribution in [0, 0.1) is 5.92 Å². The molecule has 1 heterocycles. The molecule has 0 amide bonds. The molecular weight excluding hydrogens is 232 g/mol. The highest BCUT2D eigenvalue weighted by Crippen LogP contribution is 2.77. The van der Waals surface area contributed by atoms with Crippen LogP contribution < -0.4 is 0 Å². The van der Waals surface area contributed by atoms with E-state index in [1.807, 2.05) is 0 Å². The lowest BCUT2D eigenvalue weighted by atomic mass is 10.2. The number of esters is 1. The van der Waals surface area contributed by atoms with E-state index >= 15 is 0 Å². The van der Waals surface area contributed by atoms with Gasteiger partial charge in [0.2, 0.25) is 8.32 Å². The van der Waals surface area contributed by atoms with Crippen molar-refractivity contribution >= 4 is 14.3 Å². The van der Waals surface area contributed by atoms with E-state index in [2.05, 4.69) is 34.6 Å². The Morgan fingerprint density at radius 1 is 1.35 bits per heavy atom. The highest BCUT2D eigenvalue weighted by molar-refractivity contribution is 6.84. The summed E-state index contributed by atoms with van der Waals surface area (Å²) in [5, 5.41) is -0.247. The molecule has 0 bridgehead atoms. The molecule has 3 atom stereocenters. The summed E-state index contributed by atoms with van der Waals surface area (Å²) in [6, 6.07) is 0. The summed E-state index contributed by atoms with van der Waals surface area (Å²) in [4.78, 5) is 12.3. The first kappa shape index (κ1) is 13.1. The van der Waals surface area contributed by atoms with E-state index in [0.29, 0.717) is 17.0 Å². The Morgan fingerprint density at radius 2 is 1.88 bits per heavy atom. The average Bonchev–Trinajstić information content (AvgIpc) is 2.95. The summed E-state index contributed by atoms with van der Waals surface area (Å²) in [7, 11) is -0.579. The third kappa shape index (κ3) is 1.34. The lowest BCUT2D eigenvalue weighted by molar-refractivity contribution is -0.142. The molecule has 0 aromatic heterocycles. The van der Waals surface area contributed by atoms with Crippen molar-refractivity contribution in [2.24, 2.45) is 5.92 Å². The van der Waals surface area contributed by atoms with Crippen molar-refractivity contribution in [3.05, 3.63) is 0 Å². The monoisotopic (exact) mass is 256 g/mol. The third-order valence-corrected chi connectivity index (χ3v) is 11.3. The molecule has 0 radical (unpaired) electrons. The number of carbonyl (C=O) groups is 1. The minimum atomic E-state index is -2.09. The summed E-state index contributed by atoms with van der Waals surface area (Å²) in [5.41, 5.74) is 0.910. The van der Waals surface area contributed by atoms with Gasteiger partial charge in [0.25, 0.3) is 0 Å². The Morgan fingerprint density at radius 3 is 2.24 bits per heavy atom. The normalized spacial score (nSPS) is 38.4. The Labute approximate surface area is 105 Å². The van der Waals surface area contributed by atoms with E-state index in [1.54, 1.807) is 0 Å². The molecule has 2 fully saturated rings. The van der Waals surface area contributed by atoms with E-state index in [9.17, 15) is 4.79 Å². The molecule has 1 saturated heterocycles. The van der Waals surface area contributed by atoms with Gasteiger partial charge in [-0.3, -0.25) is 4.79 Å². The summed E-state index contributed by atoms with van der Waals surface area (Å²) in [6.07, 6.45) is 1.22. The first-order valence-electron chi connectivity index (χ1n) is 6.60. The lowest BCUT2D eigenvalue weighted by Crippen LogP contribution is -2.51. The SMILES string of the molecule is COC(=O)C12CC1C(C)O[Si]2(C(C)C)C(C)C. The summed E-state index contributed by atoms with van der Waals surface area (Å²) >= 11 is 0. The van der Waals surface area contributed by atoms with Gasteiger partial charge in [0.05, 0.1) is 12.1 Å². The van der Waals surface area contributed by atoms with Gasteiger partial charge in [0, 0.05) is 12.0 Å². The molecule has 0 aromatic rings. The van der Waals surface area contributed by atoms with E-state index in [4.69, 9.17) is 9.16 Å². The molecule has 3 unspecified atom stereocenters. The van der Waals surface area contributed by atoms with Gasteiger partial charge in [-0.15, -0.1) is 0 Å². The third-order valence-electron chi connectivity index (χ3n) is 4.92. The maximum Gasteiger partial charge on any atom is 0.311 e. The number of fused-ring (bicyclic) bond motifs is 1. The number of carbonyl (C=O) groups excluding carboxylic acids is 1. The molecule has 17 heavy (non-hydrogen) atoms. The zero-order chi connectivity index (χ0) is 13.0. The van der Waals surface area contributed by atoms with Crippen LogP contribution in [-0.4, -0.2) is 27.5 Å². The highest BCUT2D eigenvalue weighted by Gasteiger charge is 2.82. The molecule has 1 aliphatic heterocycles. The fourth-order valence-electron chi connectivity index (χ4n) is 4.34. The van der Waals surface area contributed by atoms with Crippen LogP contribution >= 0.6 is 0 Å². The topological polar surface area (TPSA) is 35.5 Å². The van der Waals surface area contributed by atoms with Gasteiger partial charge in [-0.05, 0) is 24.4 Å². The molecule has 3 nitrogen and oxygen atoms in total. The van der Waals surface area contributed by atoms with Gasteiger partial charge in [0.1, 0.15) is 0 Å². The van der Waals surface area contributed by atoms with Gasteiger partial charge >= 0.3 is 5.97 Å². The Hall–Kier alpha value is -0.353. The Kier molecular flexibility index (Phi) is 2.94. The average molecular weight is 256 g/mol. The maximum atomic E-state index is 12.3. The van der Waals surface area contributed by atoms with Crippen LogP contribution in [0.5, 0.6) is 0 Å². The van der Waals surface area contributed by atoms with E-state index in [-0.39, 0.29) is 17.1 Å². The molecule has 4 heteroatoms. The first-order chi connectivity index (χ1) is 7.84. The molecular formula is C13H24O3Si. The molecule has 0 N–H and O–H groups in total. The second kappa shape index (κ2) is 3.82. The molecule has 2 rings (SSSR count). The summed E-state index contributed by atoms with van der Waals surface area (Å²) < 4.78 is 11.5. The molecule has 1 saturated carbocycles. The van der Waals surface area contributed by atoms with Gasteiger partial charge in [-0.2, -0.15) is 0 Å². The van der Waals surface area contributed by atoms with Crippen molar-refractivity contribution in [2.45, 2.75) is 63.3 Å². The molecule has 0 aromatic carbocycles. The fourth-order valence-corrected chi connectivity index (χ4v) is 11.0. The van der Waals surface area contributed by atoms with Crippen LogP contribution in [0.2, 0.25) is 16.1 Å². The van der Waals surface area contributed by atoms with Crippen molar-refractivity contribution in [1.82, 2.24) is 0 Å². The van der Waals surface area contributed by atoms with Gasteiger partial charge < -0.3 is 9.16 Å². The van der Waals surface area contributed by atoms with Crippen LogP contribution in [0.15, 0.2) is 0 Å². The molecule has 98 valence electrons. The summed E-state index contributed by atoms with van der Waals surface area (Å²) in [6.45, 7) is 11.0. The van der Waals surface area contributed by atoms with Gasteiger partial charge in [-0.1, -0.05) is 27.7 Å². The van der Waals surface area contributed by atoms with Crippen LogP contribution in [-0.2, 0) is 14.0 Å². The first-order valence-corrected chi connectivity index (χ1v) is 8.67. The summed E-state index contributed by atoms with van der Waals surface area (Å²) in [5.74, 6) is 0.396. The molecule has 1 aliphatic carbocycles. The number of rotatable bonds is 3. The zero-order valence-corrected chi connectivity index (χ0v) is 12.7. The van der Waals surface area contributed by atoms with Gasteiger partial charge in [-0.25, -0.2) is 0 Å². The van der Waals surface area contributed by atoms with E-state index < -0.39 is 8.32 Å². The van der Waals surface area contributed by atoms with Crippen molar-refractivity contribution in [3.63, 3.8) is 0 Å². The second-order valence-corrected chi connectivity index (χ2v) is 11.2. The Bertz CT molecular complexity index is 332. The van der Waals surface area contributed by atoms with E-state index in [1.165, 1.54) is 7.11 Å². The lowest BCUT2D eigenvalue weighted by Gasteiger charge is -2.41.